The summed E-state index contributed by atoms with van der Waals surface area (Å²) in [6.45, 7) is 3.49. The molecule has 0 unspecified atom stereocenters. The minimum absolute atomic E-state index is 0.0760. The fourth-order valence-corrected chi connectivity index (χ4v) is 2.46. The Morgan fingerprint density at radius 1 is 1.00 bits per heavy atom. The second-order valence-electron chi connectivity index (χ2n) is 5.72. The van der Waals surface area contributed by atoms with Crippen LogP contribution in [0.4, 0.5) is 5.69 Å². The van der Waals surface area contributed by atoms with E-state index in [1.807, 2.05) is 24.3 Å². The van der Waals surface area contributed by atoms with Crippen molar-refractivity contribution in [1.29, 1.82) is 0 Å². The maximum Gasteiger partial charge on any atom is 0.338 e. The van der Waals surface area contributed by atoms with Crippen LogP contribution in [-0.2, 0) is 16.0 Å². The molecule has 0 atom stereocenters. The molecule has 2 rings (SSSR count). The lowest BCUT2D eigenvalue weighted by atomic mass is 10.1. The molecule has 0 radical (unpaired) electrons. The number of ether oxygens (including phenoxy) is 1. The van der Waals surface area contributed by atoms with Gasteiger partial charge in [0.15, 0.2) is 0 Å². The van der Waals surface area contributed by atoms with Crippen molar-refractivity contribution in [3.8, 4) is 0 Å². The Hall–Kier alpha value is -2.37. The summed E-state index contributed by atoms with van der Waals surface area (Å²) in [5.74, 6) is -0.442. The zero-order valence-electron chi connectivity index (χ0n) is 14.8. The second-order valence-corrected chi connectivity index (χ2v) is 6.16. The van der Waals surface area contributed by atoms with E-state index in [-0.39, 0.29) is 11.9 Å². The molecule has 2 aromatic carbocycles. The Morgan fingerprint density at radius 3 is 2.35 bits per heavy atom. The topological polar surface area (TPSA) is 67.4 Å². The number of anilines is 1. The highest BCUT2D eigenvalue weighted by Gasteiger charge is 2.07. The van der Waals surface area contributed by atoms with Gasteiger partial charge in [0, 0.05) is 23.7 Å². The number of carbonyl (C=O) groups is 2. The molecule has 6 heteroatoms. The van der Waals surface area contributed by atoms with Crippen molar-refractivity contribution >= 4 is 29.2 Å². The lowest BCUT2D eigenvalue weighted by Gasteiger charge is -2.08. The molecule has 5 nitrogen and oxygen atoms in total. The number of rotatable bonds is 9. The highest BCUT2D eigenvalue weighted by Crippen LogP contribution is 2.11. The van der Waals surface area contributed by atoms with Crippen LogP contribution in [0.25, 0.3) is 0 Å². The number of benzene rings is 2. The Labute approximate surface area is 158 Å². The Kier molecular flexibility index (Phi) is 8.12. The van der Waals surface area contributed by atoms with Gasteiger partial charge in [-0.15, -0.1) is 0 Å². The normalized spacial score (nSPS) is 10.4. The molecule has 0 saturated carbocycles. The fraction of sp³-hybridized carbons (Fsp3) is 0.300. The van der Waals surface area contributed by atoms with Crippen molar-refractivity contribution in [2.75, 3.05) is 25.0 Å². The first kappa shape index (κ1) is 19.9. The van der Waals surface area contributed by atoms with Crippen molar-refractivity contribution in [2.24, 2.45) is 0 Å². The number of carbonyl (C=O) groups excluding carboxylic acids is 2. The zero-order chi connectivity index (χ0) is 18.8. The molecular weight excluding hydrogens is 352 g/mol. The number of hydrogen-bond donors (Lipinski definition) is 2. The summed E-state index contributed by atoms with van der Waals surface area (Å²) in [7, 11) is 0. The summed E-state index contributed by atoms with van der Waals surface area (Å²) < 4.78 is 4.92. The molecule has 0 aliphatic rings. The van der Waals surface area contributed by atoms with Crippen molar-refractivity contribution in [3.05, 3.63) is 64.7 Å². The predicted octanol–water partition coefficient (Wildman–Crippen LogP) is 3.68. The molecule has 0 bridgehead atoms. The first-order chi connectivity index (χ1) is 12.6. The molecule has 0 saturated heterocycles. The second kappa shape index (κ2) is 10.6. The Morgan fingerprint density at radius 2 is 1.69 bits per heavy atom. The van der Waals surface area contributed by atoms with Crippen LogP contribution in [0.5, 0.6) is 0 Å². The third-order valence-corrected chi connectivity index (χ3v) is 3.96. The van der Waals surface area contributed by atoms with E-state index in [0.29, 0.717) is 30.8 Å². The molecule has 0 spiro atoms. The quantitative estimate of drug-likeness (QED) is 0.519. The average molecular weight is 375 g/mol. The average Bonchev–Trinajstić information content (AvgIpc) is 2.64. The van der Waals surface area contributed by atoms with E-state index in [1.54, 1.807) is 31.2 Å². The van der Waals surface area contributed by atoms with E-state index in [0.717, 1.165) is 18.0 Å². The van der Waals surface area contributed by atoms with Gasteiger partial charge in [0.25, 0.3) is 0 Å². The number of esters is 1. The number of hydrogen-bond acceptors (Lipinski definition) is 4. The lowest BCUT2D eigenvalue weighted by molar-refractivity contribution is -0.116. The third-order valence-electron chi connectivity index (χ3n) is 3.71. The van der Waals surface area contributed by atoms with E-state index in [2.05, 4.69) is 10.6 Å². The van der Waals surface area contributed by atoms with Crippen LogP contribution in [0, 0.1) is 0 Å². The summed E-state index contributed by atoms with van der Waals surface area (Å²) in [5.41, 5.74) is 2.32. The van der Waals surface area contributed by atoms with E-state index in [9.17, 15) is 9.59 Å². The number of halogens is 1. The molecule has 1 amide bonds. The standard InChI is InChI=1S/C20H23ClN2O3/c1-2-26-20(25)16-5-9-18(10-6-16)23-19(24)12-14-22-13-11-15-3-7-17(21)8-4-15/h3-10,22H,2,11-14H2,1H3,(H,23,24). The summed E-state index contributed by atoms with van der Waals surface area (Å²) in [6.07, 6.45) is 1.26. The van der Waals surface area contributed by atoms with E-state index >= 15 is 0 Å². The monoisotopic (exact) mass is 374 g/mol. The van der Waals surface area contributed by atoms with Gasteiger partial charge in [-0.3, -0.25) is 4.79 Å². The van der Waals surface area contributed by atoms with E-state index in [1.165, 1.54) is 5.56 Å². The zero-order valence-corrected chi connectivity index (χ0v) is 15.5. The summed E-state index contributed by atoms with van der Waals surface area (Å²) in [5, 5.41) is 6.79. The molecule has 0 aliphatic heterocycles. The minimum Gasteiger partial charge on any atom is -0.462 e. The van der Waals surface area contributed by atoms with Crippen LogP contribution in [-0.4, -0.2) is 31.6 Å². The smallest absolute Gasteiger partial charge is 0.338 e. The van der Waals surface area contributed by atoms with Crippen LogP contribution < -0.4 is 10.6 Å². The predicted molar refractivity (Wildman–Crippen MR) is 104 cm³/mol. The van der Waals surface area contributed by atoms with Crippen molar-refractivity contribution in [1.82, 2.24) is 5.32 Å². The summed E-state index contributed by atoms with van der Waals surface area (Å²) in [4.78, 5) is 23.5. The largest absolute Gasteiger partial charge is 0.462 e. The van der Waals surface area contributed by atoms with E-state index < -0.39 is 0 Å². The van der Waals surface area contributed by atoms with Gasteiger partial charge in [0.05, 0.1) is 12.2 Å². The molecule has 2 N–H and O–H groups in total. The van der Waals surface area contributed by atoms with Crippen LogP contribution in [0.1, 0.15) is 29.3 Å². The SMILES string of the molecule is CCOC(=O)c1ccc(NC(=O)CCNCCc2ccc(Cl)cc2)cc1. The Bertz CT molecular complexity index is 715. The van der Waals surface area contributed by atoms with Gasteiger partial charge in [-0.2, -0.15) is 0 Å². The highest BCUT2D eigenvalue weighted by atomic mass is 35.5. The fourth-order valence-electron chi connectivity index (χ4n) is 2.34. The van der Waals surface area contributed by atoms with Gasteiger partial charge in [-0.05, 0) is 61.9 Å². The van der Waals surface area contributed by atoms with E-state index in [4.69, 9.17) is 16.3 Å². The third kappa shape index (κ3) is 6.86. The van der Waals surface area contributed by atoms with Crippen LogP contribution in [0.2, 0.25) is 5.02 Å². The number of amides is 1. The number of nitrogens with one attached hydrogen (secondary N) is 2. The van der Waals surface area contributed by atoms with Gasteiger partial charge >= 0.3 is 5.97 Å². The van der Waals surface area contributed by atoms with Gasteiger partial charge in [-0.25, -0.2) is 4.79 Å². The van der Waals surface area contributed by atoms with Crippen molar-refractivity contribution in [3.63, 3.8) is 0 Å². The molecule has 0 aliphatic carbocycles. The molecular formula is C20H23ClN2O3. The Balaban J connectivity index is 1.65. The first-order valence-corrected chi connectivity index (χ1v) is 8.98. The molecule has 2 aromatic rings. The molecule has 138 valence electrons. The highest BCUT2D eigenvalue weighted by molar-refractivity contribution is 6.30. The first-order valence-electron chi connectivity index (χ1n) is 8.60. The molecule has 26 heavy (non-hydrogen) atoms. The van der Waals surface area contributed by atoms with Crippen LogP contribution >= 0.6 is 11.6 Å². The van der Waals surface area contributed by atoms with Crippen molar-refractivity contribution < 1.29 is 14.3 Å². The molecule has 0 aromatic heterocycles. The van der Waals surface area contributed by atoms with Crippen LogP contribution in [0.15, 0.2) is 48.5 Å². The van der Waals surface area contributed by atoms with Gasteiger partial charge < -0.3 is 15.4 Å². The van der Waals surface area contributed by atoms with Crippen molar-refractivity contribution in [2.45, 2.75) is 19.8 Å². The maximum absolute atomic E-state index is 11.9. The summed E-state index contributed by atoms with van der Waals surface area (Å²) in [6, 6.07) is 14.4. The molecule has 0 fully saturated rings. The van der Waals surface area contributed by atoms with Gasteiger partial charge in [-0.1, -0.05) is 23.7 Å². The van der Waals surface area contributed by atoms with Gasteiger partial charge in [0.1, 0.15) is 0 Å². The molecule has 0 heterocycles. The lowest BCUT2D eigenvalue weighted by Crippen LogP contribution is -2.23. The summed E-state index contributed by atoms with van der Waals surface area (Å²) >= 11 is 5.85. The maximum atomic E-state index is 11.9. The minimum atomic E-state index is -0.365. The van der Waals surface area contributed by atoms with Crippen LogP contribution in [0.3, 0.4) is 0 Å². The van der Waals surface area contributed by atoms with Gasteiger partial charge in [0.2, 0.25) is 5.91 Å².